The van der Waals surface area contributed by atoms with Gasteiger partial charge in [-0.2, -0.15) is 13.2 Å². The average molecular weight is 257 g/mol. The Labute approximate surface area is 101 Å². The molecule has 0 bridgehead atoms. The smallest absolute Gasteiger partial charge is 0.311 e. The highest BCUT2D eigenvalue weighted by molar-refractivity contribution is 6.08. The van der Waals surface area contributed by atoms with Crippen molar-refractivity contribution in [3.63, 3.8) is 0 Å². The summed E-state index contributed by atoms with van der Waals surface area (Å²) in [6.07, 6.45) is -4.35. The summed E-state index contributed by atoms with van der Waals surface area (Å²) in [7, 11) is 0. The van der Waals surface area contributed by atoms with Crippen LogP contribution < -0.4 is 4.90 Å². The van der Waals surface area contributed by atoms with E-state index in [1.54, 1.807) is 0 Å². The highest BCUT2D eigenvalue weighted by Gasteiger charge is 2.34. The van der Waals surface area contributed by atoms with Gasteiger partial charge in [-0.15, -0.1) is 0 Å². The van der Waals surface area contributed by atoms with Crippen molar-refractivity contribution in [2.45, 2.75) is 19.5 Å². The molecule has 18 heavy (non-hydrogen) atoms. The van der Waals surface area contributed by atoms with Crippen molar-refractivity contribution in [1.29, 1.82) is 0 Å². The predicted octanol–water partition coefficient (Wildman–Crippen LogP) is 2.64. The lowest BCUT2D eigenvalue weighted by Crippen LogP contribution is -2.36. The van der Waals surface area contributed by atoms with Gasteiger partial charge in [-0.25, -0.2) is 0 Å². The van der Waals surface area contributed by atoms with Crippen LogP contribution >= 0.6 is 0 Å². The molecule has 0 spiro atoms. The van der Waals surface area contributed by atoms with Crippen LogP contribution in [0, 0.1) is 0 Å². The highest BCUT2D eigenvalue weighted by atomic mass is 19.4. The second-order valence-corrected chi connectivity index (χ2v) is 4.07. The molecule has 0 aromatic heterocycles. The first kappa shape index (κ1) is 12.6. The number of amides is 1. The van der Waals surface area contributed by atoms with Gasteiger partial charge in [-0.3, -0.25) is 9.59 Å². The van der Waals surface area contributed by atoms with E-state index in [9.17, 15) is 22.8 Å². The second kappa shape index (κ2) is 4.12. The number of anilines is 1. The highest BCUT2D eigenvalue weighted by Crippen LogP contribution is 2.35. The van der Waals surface area contributed by atoms with Crippen molar-refractivity contribution in [2.24, 2.45) is 0 Å². The molecule has 0 fully saturated rings. The molecule has 0 N–H and O–H groups in total. The summed E-state index contributed by atoms with van der Waals surface area (Å²) in [5.74, 6) is -0.612. The Bertz CT molecular complexity index is 523. The molecular formula is C12H10F3NO2. The number of halogens is 3. The number of alkyl halides is 3. The molecule has 0 saturated heterocycles. The summed E-state index contributed by atoms with van der Waals surface area (Å²) in [6, 6.07) is 2.85. The minimum absolute atomic E-state index is 0.0496. The number of ketones is 1. The van der Waals surface area contributed by atoms with Crippen LogP contribution in [0.4, 0.5) is 18.9 Å². The van der Waals surface area contributed by atoms with Gasteiger partial charge in [0.25, 0.3) is 0 Å². The van der Waals surface area contributed by atoms with Gasteiger partial charge in [0.1, 0.15) is 0 Å². The molecule has 1 amide bonds. The zero-order valence-electron chi connectivity index (χ0n) is 9.54. The normalized spacial score (nSPS) is 15.6. The van der Waals surface area contributed by atoms with E-state index in [1.165, 1.54) is 11.8 Å². The topological polar surface area (TPSA) is 37.4 Å². The van der Waals surface area contributed by atoms with Crippen LogP contribution in [0.15, 0.2) is 18.2 Å². The molecule has 0 radical (unpaired) electrons. The monoisotopic (exact) mass is 257 g/mol. The number of rotatable bonds is 0. The van der Waals surface area contributed by atoms with Gasteiger partial charge in [0, 0.05) is 25.5 Å². The zero-order valence-corrected chi connectivity index (χ0v) is 9.54. The molecule has 6 heteroatoms. The third-order valence-corrected chi connectivity index (χ3v) is 2.86. The number of Topliss-reactive ketones (excluding diaryl/α,β-unsaturated/α-hetero) is 1. The van der Waals surface area contributed by atoms with Crippen LogP contribution in [0.25, 0.3) is 0 Å². The van der Waals surface area contributed by atoms with Gasteiger partial charge in [0.15, 0.2) is 5.78 Å². The largest absolute Gasteiger partial charge is 0.416 e. The number of nitrogens with zero attached hydrogens (tertiary/aromatic N) is 1. The van der Waals surface area contributed by atoms with Crippen LogP contribution in [0.1, 0.15) is 29.3 Å². The molecule has 1 aliphatic heterocycles. The van der Waals surface area contributed by atoms with Crippen LogP contribution in [-0.4, -0.2) is 18.2 Å². The lowest BCUT2D eigenvalue weighted by atomic mass is 9.98. The third-order valence-electron chi connectivity index (χ3n) is 2.86. The maximum Gasteiger partial charge on any atom is 0.416 e. The van der Waals surface area contributed by atoms with Crippen LogP contribution in [0.3, 0.4) is 0 Å². The van der Waals surface area contributed by atoms with Crippen LogP contribution in [0.5, 0.6) is 0 Å². The van der Waals surface area contributed by atoms with E-state index in [2.05, 4.69) is 0 Å². The fourth-order valence-electron chi connectivity index (χ4n) is 1.96. The summed E-state index contributed by atoms with van der Waals surface area (Å²) >= 11 is 0. The lowest BCUT2D eigenvalue weighted by Gasteiger charge is -2.28. The Balaban J connectivity index is 2.57. The molecule has 1 heterocycles. The van der Waals surface area contributed by atoms with E-state index >= 15 is 0 Å². The van der Waals surface area contributed by atoms with E-state index in [1.807, 2.05) is 0 Å². The fourth-order valence-corrected chi connectivity index (χ4v) is 1.96. The predicted molar refractivity (Wildman–Crippen MR) is 58.4 cm³/mol. The number of fused-ring (bicyclic) bond motifs is 1. The van der Waals surface area contributed by atoms with Gasteiger partial charge in [-0.1, -0.05) is 0 Å². The number of carbonyl (C=O) groups excluding carboxylic acids is 2. The van der Waals surface area contributed by atoms with Crippen molar-refractivity contribution in [1.82, 2.24) is 0 Å². The molecule has 0 atom stereocenters. The first-order chi connectivity index (χ1) is 8.30. The van der Waals surface area contributed by atoms with Crippen LogP contribution in [0.2, 0.25) is 0 Å². The molecule has 1 aromatic carbocycles. The SMILES string of the molecule is CC(=O)N1CCC(=O)c2ccc(C(F)(F)F)cc21. The first-order valence-corrected chi connectivity index (χ1v) is 5.33. The van der Waals surface area contributed by atoms with Gasteiger partial charge >= 0.3 is 6.18 Å². The third kappa shape index (κ3) is 2.10. The second-order valence-electron chi connectivity index (χ2n) is 4.07. The number of hydrogen-bond acceptors (Lipinski definition) is 2. The standard InChI is InChI=1S/C12H10F3NO2/c1-7(17)16-5-4-11(18)9-3-2-8(6-10(9)16)12(13,14)15/h2-3,6H,4-5H2,1H3. The summed E-state index contributed by atoms with van der Waals surface area (Å²) in [6.45, 7) is 1.39. The Hall–Kier alpha value is -1.85. The molecule has 0 unspecified atom stereocenters. The fraction of sp³-hybridized carbons (Fsp3) is 0.333. The van der Waals surface area contributed by atoms with Gasteiger partial charge in [0.2, 0.25) is 5.91 Å². The Morgan fingerprint density at radius 3 is 2.56 bits per heavy atom. The average Bonchev–Trinajstić information content (AvgIpc) is 2.27. The van der Waals surface area contributed by atoms with Crippen molar-refractivity contribution < 1.29 is 22.8 Å². The Kier molecular flexibility index (Phi) is 2.88. The van der Waals surface area contributed by atoms with Crippen molar-refractivity contribution in [3.05, 3.63) is 29.3 Å². The number of hydrogen-bond donors (Lipinski definition) is 0. The van der Waals surface area contributed by atoms with Gasteiger partial charge in [-0.05, 0) is 18.2 Å². The maximum atomic E-state index is 12.6. The minimum atomic E-state index is -4.49. The molecule has 1 aliphatic rings. The lowest BCUT2D eigenvalue weighted by molar-refractivity contribution is -0.137. The van der Waals surface area contributed by atoms with E-state index in [0.717, 1.165) is 18.2 Å². The summed E-state index contributed by atoms with van der Waals surface area (Å²) < 4.78 is 37.8. The van der Waals surface area contributed by atoms with E-state index in [0.29, 0.717) is 0 Å². The van der Waals surface area contributed by atoms with Gasteiger partial charge in [0.05, 0.1) is 11.3 Å². The summed E-state index contributed by atoms with van der Waals surface area (Å²) in [4.78, 5) is 24.2. The zero-order chi connectivity index (χ0) is 13.5. The van der Waals surface area contributed by atoms with Crippen molar-refractivity contribution in [2.75, 3.05) is 11.4 Å². The van der Waals surface area contributed by atoms with E-state index < -0.39 is 11.7 Å². The molecule has 96 valence electrons. The van der Waals surface area contributed by atoms with Crippen molar-refractivity contribution >= 4 is 17.4 Å². The summed E-state index contributed by atoms with van der Waals surface area (Å²) in [5.41, 5.74) is -0.639. The van der Waals surface area contributed by atoms with Crippen molar-refractivity contribution in [3.8, 4) is 0 Å². The van der Waals surface area contributed by atoms with E-state index in [-0.39, 0.29) is 35.9 Å². The maximum absolute atomic E-state index is 12.6. The molecule has 0 aliphatic carbocycles. The van der Waals surface area contributed by atoms with Gasteiger partial charge < -0.3 is 4.90 Å². The minimum Gasteiger partial charge on any atom is -0.311 e. The number of carbonyl (C=O) groups is 2. The molecular weight excluding hydrogens is 247 g/mol. The first-order valence-electron chi connectivity index (χ1n) is 5.33. The quantitative estimate of drug-likeness (QED) is 0.716. The number of benzene rings is 1. The Morgan fingerprint density at radius 1 is 1.33 bits per heavy atom. The molecule has 2 rings (SSSR count). The molecule has 0 saturated carbocycles. The summed E-state index contributed by atoms with van der Waals surface area (Å²) in [5, 5.41) is 0. The molecule has 1 aromatic rings. The Morgan fingerprint density at radius 2 is 2.00 bits per heavy atom. The van der Waals surface area contributed by atoms with E-state index in [4.69, 9.17) is 0 Å². The van der Waals surface area contributed by atoms with Crippen LogP contribution in [-0.2, 0) is 11.0 Å². The molecule has 3 nitrogen and oxygen atoms in total.